The largest absolute Gasteiger partial charge is 0.478 e. The first kappa shape index (κ1) is 13.1. The van der Waals surface area contributed by atoms with E-state index in [2.05, 4.69) is 11.9 Å². The summed E-state index contributed by atoms with van der Waals surface area (Å²) < 4.78 is 5.73. The van der Waals surface area contributed by atoms with Gasteiger partial charge in [0.2, 0.25) is 5.88 Å². The highest BCUT2D eigenvalue weighted by Gasteiger charge is 2.21. The number of pyridine rings is 1. The van der Waals surface area contributed by atoms with Crippen LogP contribution >= 0.6 is 11.6 Å². The molecular weight excluding hydrogens is 254 g/mol. The first-order valence-electron chi connectivity index (χ1n) is 6.11. The van der Waals surface area contributed by atoms with Crippen molar-refractivity contribution in [3.8, 4) is 5.88 Å². The fourth-order valence-electron chi connectivity index (χ4n) is 2.13. The van der Waals surface area contributed by atoms with E-state index in [1.165, 1.54) is 12.3 Å². The summed E-state index contributed by atoms with van der Waals surface area (Å²) in [7, 11) is 0. The van der Waals surface area contributed by atoms with E-state index in [1.807, 2.05) is 0 Å². The second-order valence-corrected chi connectivity index (χ2v) is 5.22. The lowest BCUT2D eigenvalue weighted by Gasteiger charge is -2.26. The average Bonchev–Trinajstić information content (AvgIpc) is 2.34. The van der Waals surface area contributed by atoms with Crippen LogP contribution in [0, 0.1) is 5.92 Å². The molecule has 1 saturated carbocycles. The second kappa shape index (κ2) is 5.57. The Morgan fingerprint density at radius 3 is 2.67 bits per heavy atom. The second-order valence-electron chi connectivity index (χ2n) is 4.82. The zero-order chi connectivity index (χ0) is 13.1. The SMILES string of the molecule is CC1CCC(Oc2ncc(C(=O)O)cc2Cl)CC1. The van der Waals surface area contributed by atoms with E-state index in [0.29, 0.717) is 5.88 Å². The van der Waals surface area contributed by atoms with Crippen LogP contribution in [-0.2, 0) is 0 Å². The first-order valence-corrected chi connectivity index (χ1v) is 6.49. The monoisotopic (exact) mass is 269 g/mol. The fraction of sp³-hybridized carbons (Fsp3) is 0.538. The lowest BCUT2D eigenvalue weighted by molar-refractivity contribution is 0.0696. The Kier molecular flexibility index (Phi) is 4.07. The number of nitrogens with zero attached hydrogens (tertiary/aromatic N) is 1. The summed E-state index contributed by atoms with van der Waals surface area (Å²) in [6.45, 7) is 2.24. The van der Waals surface area contributed by atoms with E-state index in [4.69, 9.17) is 21.4 Å². The van der Waals surface area contributed by atoms with Gasteiger partial charge in [0.05, 0.1) is 5.56 Å². The van der Waals surface area contributed by atoms with Gasteiger partial charge in [-0.1, -0.05) is 18.5 Å². The van der Waals surface area contributed by atoms with Crippen LogP contribution in [0.3, 0.4) is 0 Å². The van der Waals surface area contributed by atoms with E-state index in [9.17, 15) is 4.79 Å². The smallest absolute Gasteiger partial charge is 0.337 e. The molecule has 1 aromatic rings. The van der Waals surface area contributed by atoms with Crippen LogP contribution in [0.5, 0.6) is 5.88 Å². The molecule has 0 bridgehead atoms. The summed E-state index contributed by atoms with van der Waals surface area (Å²) in [4.78, 5) is 14.7. The number of rotatable bonds is 3. The molecule has 0 aliphatic heterocycles. The molecule has 1 aliphatic carbocycles. The van der Waals surface area contributed by atoms with Gasteiger partial charge in [-0.2, -0.15) is 0 Å². The number of halogens is 1. The molecule has 0 aromatic carbocycles. The van der Waals surface area contributed by atoms with Crippen molar-refractivity contribution in [2.24, 2.45) is 5.92 Å². The maximum absolute atomic E-state index is 10.8. The summed E-state index contributed by atoms with van der Waals surface area (Å²) in [5, 5.41) is 9.07. The van der Waals surface area contributed by atoms with E-state index in [0.717, 1.165) is 31.6 Å². The third kappa shape index (κ3) is 3.13. The molecule has 1 N–H and O–H groups in total. The molecule has 4 nitrogen and oxygen atoms in total. The minimum absolute atomic E-state index is 0.0737. The van der Waals surface area contributed by atoms with Crippen molar-refractivity contribution in [1.29, 1.82) is 0 Å². The summed E-state index contributed by atoms with van der Waals surface area (Å²) in [5.41, 5.74) is 0.0737. The average molecular weight is 270 g/mol. The third-order valence-corrected chi connectivity index (χ3v) is 3.57. The highest BCUT2D eigenvalue weighted by Crippen LogP contribution is 2.29. The van der Waals surface area contributed by atoms with Gasteiger partial charge < -0.3 is 9.84 Å². The quantitative estimate of drug-likeness (QED) is 0.914. The highest BCUT2D eigenvalue weighted by molar-refractivity contribution is 6.32. The minimum Gasteiger partial charge on any atom is -0.478 e. The Morgan fingerprint density at radius 1 is 1.44 bits per heavy atom. The fourth-order valence-corrected chi connectivity index (χ4v) is 2.35. The van der Waals surface area contributed by atoms with Crippen molar-refractivity contribution in [1.82, 2.24) is 4.98 Å². The molecule has 5 heteroatoms. The van der Waals surface area contributed by atoms with E-state index in [-0.39, 0.29) is 16.7 Å². The Balaban J connectivity index is 2.03. The van der Waals surface area contributed by atoms with Crippen molar-refractivity contribution in [2.45, 2.75) is 38.7 Å². The van der Waals surface area contributed by atoms with Gasteiger partial charge in [-0.05, 0) is 37.7 Å². The van der Waals surface area contributed by atoms with Crippen molar-refractivity contribution in [3.63, 3.8) is 0 Å². The predicted octanol–water partition coefficient (Wildman–Crippen LogP) is 3.39. The number of hydrogen-bond acceptors (Lipinski definition) is 3. The van der Waals surface area contributed by atoms with Crippen molar-refractivity contribution >= 4 is 17.6 Å². The van der Waals surface area contributed by atoms with Crippen molar-refractivity contribution in [3.05, 3.63) is 22.8 Å². The molecule has 18 heavy (non-hydrogen) atoms. The van der Waals surface area contributed by atoms with Crippen LogP contribution < -0.4 is 4.74 Å². The van der Waals surface area contributed by atoms with E-state index in [1.54, 1.807) is 0 Å². The Labute approximate surface area is 111 Å². The summed E-state index contributed by atoms with van der Waals surface area (Å²) in [6, 6.07) is 1.37. The van der Waals surface area contributed by atoms with Gasteiger partial charge in [-0.3, -0.25) is 0 Å². The summed E-state index contributed by atoms with van der Waals surface area (Å²) in [6.07, 6.45) is 5.71. The van der Waals surface area contributed by atoms with E-state index < -0.39 is 5.97 Å². The molecule has 2 rings (SSSR count). The number of aromatic carboxylic acids is 1. The van der Waals surface area contributed by atoms with Crippen LogP contribution in [0.4, 0.5) is 0 Å². The molecule has 1 heterocycles. The molecular formula is C13H16ClNO3. The van der Waals surface area contributed by atoms with Gasteiger partial charge >= 0.3 is 5.97 Å². The van der Waals surface area contributed by atoms with Gasteiger partial charge in [-0.25, -0.2) is 9.78 Å². The zero-order valence-corrected chi connectivity index (χ0v) is 11.0. The van der Waals surface area contributed by atoms with Gasteiger partial charge in [0, 0.05) is 6.20 Å². The topological polar surface area (TPSA) is 59.4 Å². The van der Waals surface area contributed by atoms with Gasteiger partial charge in [0.25, 0.3) is 0 Å². The number of carboxylic acid groups (broad SMARTS) is 1. The molecule has 0 radical (unpaired) electrons. The number of hydrogen-bond donors (Lipinski definition) is 1. The van der Waals surface area contributed by atoms with Crippen LogP contribution in [-0.4, -0.2) is 22.2 Å². The highest BCUT2D eigenvalue weighted by atomic mass is 35.5. The number of aromatic nitrogens is 1. The molecule has 0 spiro atoms. The maximum atomic E-state index is 10.8. The lowest BCUT2D eigenvalue weighted by atomic mass is 9.89. The molecule has 1 aromatic heterocycles. The molecule has 1 aliphatic rings. The zero-order valence-electron chi connectivity index (χ0n) is 10.2. The number of ether oxygens (including phenoxy) is 1. The van der Waals surface area contributed by atoms with E-state index >= 15 is 0 Å². The first-order chi connectivity index (χ1) is 8.56. The van der Waals surface area contributed by atoms with Gasteiger partial charge in [0.1, 0.15) is 11.1 Å². The summed E-state index contributed by atoms with van der Waals surface area (Å²) in [5.74, 6) is 0.0475. The van der Waals surface area contributed by atoms with Crippen LogP contribution in [0.1, 0.15) is 43.0 Å². The van der Waals surface area contributed by atoms with Crippen LogP contribution in [0.15, 0.2) is 12.3 Å². The van der Waals surface area contributed by atoms with Crippen LogP contribution in [0.2, 0.25) is 5.02 Å². The Morgan fingerprint density at radius 2 is 2.11 bits per heavy atom. The summed E-state index contributed by atoms with van der Waals surface area (Å²) >= 11 is 5.97. The molecule has 0 unspecified atom stereocenters. The minimum atomic E-state index is -1.04. The molecule has 0 saturated heterocycles. The predicted molar refractivity (Wildman–Crippen MR) is 68.3 cm³/mol. The maximum Gasteiger partial charge on any atom is 0.337 e. The van der Waals surface area contributed by atoms with Crippen molar-refractivity contribution < 1.29 is 14.6 Å². The molecule has 0 atom stereocenters. The molecule has 1 fully saturated rings. The van der Waals surface area contributed by atoms with Gasteiger partial charge in [0.15, 0.2) is 0 Å². The van der Waals surface area contributed by atoms with Gasteiger partial charge in [-0.15, -0.1) is 0 Å². The third-order valence-electron chi connectivity index (χ3n) is 3.30. The Bertz CT molecular complexity index is 442. The number of carbonyl (C=O) groups is 1. The number of carboxylic acids is 1. The van der Waals surface area contributed by atoms with Crippen molar-refractivity contribution in [2.75, 3.05) is 0 Å². The Hall–Kier alpha value is -1.29. The normalized spacial score (nSPS) is 23.7. The molecule has 98 valence electrons. The molecule has 0 amide bonds. The standard InChI is InChI=1S/C13H16ClNO3/c1-8-2-4-10(5-3-8)18-12-11(14)6-9(7-15-12)13(16)17/h6-8,10H,2-5H2,1H3,(H,16,17). The lowest BCUT2D eigenvalue weighted by Crippen LogP contribution is -2.23. The van der Waals surface area contributed by atoms with Crippen LogP contribution in [0.25, 0.3) is 0 Å².